The molecule has 120 valence electrons. The van der Waals surface area contributed by atoms with Crippen LogP contribution in [0.3, 0.4) is 0 Å². The van der Waals surface area contributed by atoms with Crippen molar-refractivity contribution in [3.05, 3.63) is 75.4 Å². The standard InChI is InChI=1S/C18H17Cl2NO2/c1-12-8-16(23-21-12)9-13-4-2-3-5-18(13)22-11-14-6-7-15(19)10-17(14)20/h2-8,10,16,21H,9,11H2,1H3/t16-/m1/s1. The molecule has 2 aromatic carbocycles. The Morgan fingerprint density at radius 2 is 1.96 bits per heavy atom. The monoisotopic (exact) mass is 349 g/mol. The van der Waals surface area contributed by atoms with E-state index in [4.69, 9.17) is 32.8 Å². The zero-order valence-electron chi connectivity index (χ0n) is 12.7. The van der Waals surface area contributed by atoms with E-state index in [0.717, 1.165) is 29.0 Å². The van der Waals surface area contributed by atoms with Crippen LogP contribution in [0.1, 0.15) is 18.1 Å². The van der Waals surface area contributed by atoms with E-state index in [9.17, 15) is 0 Å². The van der Waals surface area contributed by atoms with Gasteiger partial charge < -0.3 is 4.74 Å². The van der Waals surface area contributed by atoms with E-state index >= 15 is 0 Å². The van der Waals surface area contributed by atoms with E-state index in [-0.39, 0.29) is 6.10 Å². The number of hydroxylamine groups is 1. The van der Waals surface area contributed by atoms with Crippen molar-refractivity contribution in [2.75, 3.05) is 0 Å². The largest absolute Gasteiger partial charge is 0.489 e. The van der Waals surface area contributed by atoms with Crippen LogP contribution in [0.5, 0.6) is 5.75 Å². The lowest BCUT2D eigenvalue weighted by atomic mass is 10.1. The molecular formula is C18H17Cl2NO2. The van der Waals surface area contributed by atoms with Crippen molar-refractivity contribution in [1.82, 2.24) is 5.48 Å². The lowest BCUT2D eigenvalue weighted by Crippen LogP contribution is -2.14. The molecule has 0 fully saturated rings. The van der Waals surface area contributed by atoms with Crippen molar-refractivity contribution in [3.63, 3.8) is 0 Å². The second-order valence-corrected chi connectivity index (χ2v) is 6.29. The SMILES string of the molecule is CC1=C[C@H](Cc2ccccc2OCc2ccc(Cl)cc2Cl)ON1. The van der Waals surface area contributed by atoms with Gasteiger partial charge in [-0.2, -0.15) is 0 Å². The van der Waals surface area contributed by atoms with Crippen LogP contribution in [0, 0.1) is 0 Å². The van der Waals surface area contributed by atoms with Crippen LogP contribution in [0.2, 0.25) is 10.0 Å². The first-order chi connectivity index (χ1) is 11.1. The van der Waals surface area contributed by atoms with E-state index < -0.39 is 0 Å². The van der Waals surface area contributed by atoms with Crippen LogP contribution in [0.15, 0.2) is 54.2 Å². The third kappa shape index (κ3) is 4.20. The summed E-state index contributed by atoms with van der Waals surface area (Å²) in [5, 5.41) is 1.23. The van der Waals surface area contributed by atoms with Gasteiger partial charge in [0.25, 0.3) is 0 Å². The summed E-state index contributed by atoms with van der Waals surface area (Å²) < 4.78 is 5.96. The third-order valence-electron chi connectivity index (χ3n) is 3.60. The molecule has 0 unspecified atom stereocenters. The maximum absolute atomic E-state index is 6.19. The molecule has 0 radical (unpaired) electrons. The number of halogens is 2. The Kier molecular flexibility index (Phi) is 5.11. The molecule has 1 N–H and O–H groups in total. The lowest BCUT2D eigenvalue weighted by Gasteiger charge is -2.14. The smallest absolute Gasteiger partial charge is 0.123 e. The highest BCUT2D eigenvalue weighted by Crippen LogP contribution is 2.26. The molecule has 1 aliphatic heterocycles. The summed E-state index contributed by atoms with van der Waals surface area (Å²) in [6, 6.07) is 13.4. The molecule has 3 rings (SSSR count). The molecule has 0 saturated heterocycles. The van der Waals surface area contributed by atoms with Crippen molar-refractivity contribution in [1.29, 1.82) is 0 Å². The average Bonchev–Trinajstić information content (AvgIpc) is 2.93. The molecular weight excluding hydrogens is 333 g/mol. The van der Waals surface area contributed by atoms with Crippen LogP contribution >= 0.6 is 23.2 Å². The average molecular weight is 350 g/mol. The van der Waals surface area contributed by atoms with Gasteiger partial charge in [0.05, 0.1) is 0 Å². The Labute approximate surface area is 145 Å². The fourth-order valence-corrected chi connectivity index (χ4v) is 2.90. The molecule has 0 aliphatic carbocycles. The van der Waals surface area contributed by atoms with Crippen LogP contribution in [0.25, 0.3) is 0 Å². The molecule has 23 heavy (non-hydrogen) atoms. The Morgan fingerprint density at radius 1 is 1.13 bits per heavy atom. The molecule has 0 aromatic heterocycles. The molecule has 1 heterocycles. The van der Waals surface area contributed by atoms with Crippen LogP contribution < -0.4 is 10.2 Å². The van der Waals surface area contributed by atoms with E-state index in [2.05, 4.69) is 11.6 Å². The van der Waals surface area contributed by atoms with Gasteiger partial charge in [-0.1, -0.05) is 47.5 Å². The summed E-state index contributed by atoms with van der Waals surface area (Å²) in [6.45, 7) is 2.37. The number of rotatable bonds is 5. The second-order valence-electron chi connectivity index (χ2n) is 5.44. The summed E-state index contributed by atoms with van der Waals surface area (Å²) in [6.07, 6.45) is 2.82. The first kappa shape index (κ1) is 16.2. The van der Waals surface area contributed by atoms with Gasteiger partial charge in [-0.25, -0.2) is 0 Å². The summed E-state index contributed by atoms with van der Waals surface area (Å²) in [4.78, 5) is 5.49. The first-order valence-electron chi connectivity index (χ1n) is 7.36. The van der Waals surface area contributed by atoms with Crippen molar-refractivity contribution < 1.29 is 9.57 Å². The lowest BCUT2D eigenvalue weighted by molar-refractivity contribution is 0.0427. The highest BCUT2D eigenvalue weighted by molar-refractivity contribution is 6.35. The maximum Gasteiger partial charge on any atom is 0.123 e. The number of para-hydroxylation sites is 1. The fraction of sp³-hybridized carbons (Fsp3) is 0.222. The Bertz CT molecular complexity index is 731. The number of ether oxygens (including phenoxy) is 1. The number of nitrogens with one attached hydrogen (secondary N) is 1. The number of hydrogen-bond acceptors (Lipinski definition) is 3. The normalized spacial score (nSPS) is 16.8. The van der Waals surface area contributed by atoms with E-state index in [1.165, 1.54) is 0 Å². The Hall–Kier alpha value is -1.68. The van der Waals surface area contributed by atoms with Gasteiger partial charge in [0.1, 0.15) is 18.5 Å². The zero-order valence-corrected chi connectivity index (χ0v) is 14.2. The number of hydrogen-bond donors (Lipinski definition) is 1. The minimum Gasteiger partial charge on any atom is -0.489 e. The number of benzene rings is 2. The summed E-state index contributed by atoms with van der Waals surface area (Å²) in [5.41, 5.74) is 5.90. The predicted molar refractivity (Wildman–Crippen MR) is 92.7 cm³/mol. The molecule has 1 aliphatic rings. The summed E-state index contributed by atoms with van der Waals surface area (Å²) in [7, 11) is 0. The topological polar surface area (TPSA) is 30.5 Å². The van der Waals surface area contributed by atoms with Gasteiger partial charge in [0.15, 0.2) is 0 Å². The van der Waals surface area contributed by atoms with E-state index in [1.54, 1.807) is 6.07 Å². The molecule has 0 bridgehead atoms. The third-order valence-corrected chi connectivity index (χ3v) is 4.19. The molecule has 0 amide bonds. The van der Waals surface area contributed by atoms with E-state index in [0.29, 0.717) is 16.7 Å². The van der Waals surface area contributed by atoms with Gasteiger partial charge in [-0.15, -0.1) is 0 Å². The highest BCUT2D eigenvalue weighted by atomic mass is 35.5. The molecule has 3 nitrogen and oxygen atoms in total. The fourth-order valence-electron chi connectivity index (χ4n) is 2.44. The Morgan fingerprint density at radius 3 is 2.70 bits per heavy atom. The van der Waals surface area contributed by atoms with Gasteiger partial charge in [-0.3, -0.25) is 10.3 Å². The maximum atomic E-state index is 6.19. The minimum absolute atomic E-state index is 0.0128. The first-order valence-corrected chi connectivity index (χ1v) is 8.12. The van der Waals surface area contributed by atoms with Gasteiger partial charge in [0, 0.05) is 27.7 Å². The van der Waals surface area contributed by atoms with Gasteiger partial charge in [0.2, 0.25) is 0 Å². The summed E-state index contributed by atoms with van der Waals surface area (Å²) in [5.74, 6) is 0.833. The van der Waals surface area contributed by atoms with Crippen LogP contribution in [-0.2, 0) is 17.9 Å². The van der Waals surface area contributed by atoms with Crippen molar-refractivity contribution in [3.8, 4) is 5.75 Å². The molecule has 5 heteroatoms. The Balaban J connectivity index is 1.70. The molecule has 0 saturated carbocycles. The molecule has 2 aromatic rings. The van der Waals surface area contributed by atoms with E-state index in [1.807, 2.05) is 43.3 Å². The van der Waals surface area contributed by atoms with Crippen LogP contribution in [-0.4, -0.2) is 6.10 Å². The molecule has 1 atom stereocenters. The van der Waals surface area contributed by atoms with Crippen molar-refractivity contribution in [2.45, 2.75) is 26.1 Å². The molecule has 0 spiro atoms. The minimum atomic E-state index is 0.0128. The quantitative estimate of drug-likeness (QED) is 0.830. The van der Waals surface area contributed by atoms with Crippen molar-refractivity contribution in [2.24, 2.45) is 0 Å². The van der Waals surface area contributed by atoms with Gasteiger partial charge in [-0.05, 0) is 36.8 Å². The van der Waals surface area contributed by atoms with Gasteiger partial charge >= 0.3 is 0 Å². The highest BCUT2D eigenvalue weighted by Gasteiger charge is 2.16. The van der Waals surface area contributed by atoms with Crippen LogP contribution in [0.4, 0.5) is 0 Å². The zero-order chi connectivity index (χ0) is 16.2. The van der Waals surface area contributed by atoms with Crippen molar-refractivity contribution >= 4 is 23.2 Å². The predicted octanol–water partition coefficient (Wildman–Crippen LogP) is 4.92. The second kappa shape index (κ2) is 7.26. The number of allylic oxidation sites excluding steroid dienone is 1. The summed E-state index contributed by atoms with van der Waals surface area (Å²) >= 11 is 12.1.